The van der Waals surface area contributed by atoms with Crippen LogP contribution in [0.5, 0.6) is 0 Å². The molecule has 0 aromatic carbocycles. The molecule has 0 saturated carbocycles. The Labute approximate surface area is 149 Å². The van der Waals surface area contributed by atoms with Crippen molar-refractivity contribution >= 4 is 23.3 Å². The summed E-state index contributed by atoms with van der Waals surface area (Å²) in [6, 6.07) is 1.77. The third-order valence-corrected chi connectivity index (χ3v) is 4.59. The van der Waals surface area contributed by atoms with Crippen LogP contribution in [-0.4, -0.2) is 25.8 Å². The predicted octanol–water partition coefficient (Wildman–Crippen LogP) is 3.57. The van der Waals surface area contributed by atoms with Crippen LogP contribution in [0.2, 0.25) is 5.02 Å². The maximum atomic E-state index is 12.9. The number of aryl methyl sites for hydroxylation is 3. The third kappa shape index (κ3) is 2.89. The van der Waals surface area contributed by atoms with Gasteiger partial charge >= 0.3 is 0 Å². The summed E-state index contributed by atoms with van der Waals surface area (Å²) >= 11 is 5.93. The van der Waals surface area contributed by atoms with Crippen LogP contribution in [0.3, 0.4) is 0 Å². The van der Waals surface area contributed by atoms with Gasteiger partial charge in [-0.25, -0.2) is 15.0 Å². The van der Waals surface area contributed by atoms with Gasteiger partial charge in [-0.1, -0.05) is 11.6 Å². The zero-order valence-electron chi connectivity index (χ0n) is 13.6. The molecule has 25 heavy (non-hydrogen) atoms. The number of fused-ring (bicyclic) bond motifs is 3. The van der Waals surface area contributed by atoms with Crippen LogP contribution < -0.4 is 5.32 Å². The molecule has 4 rings (SSSR count). The summed E-state index contributed by atoms with van der Waals surface area (Å²) in [4.78, 5) is 28.8. The highest BCUT2D eigenvalue weighted by Gasteiger charge is 2.24. The van der Waals surface area contributed by atoms with Crippen LogP contribution in [-0.2, 0) is 12.8 Å². The normalized spacial score (nSPS) is 12.9. The first-order valence-corrected chi connectivity index (χ1v) is 8.44. The highest BCUT2D eigenvalue weighted by Crippen LogP contribution is 2.33. The molecule has 6 nitrogen and oxygen atoms in total. The van der Waals surface area contributed by atoms with E-state index in [4.69, 9.17) is 11.6 Å². The molecule has 0 aliphatic heterocycles. The van der Waals surface area contributed by atoms with Gasteiger partial charge in [0.15, 0.2) is 0 Å². The van der Waals surface area contributed by atoms with Gasteiger partial charge in [-0.15, -0.1) is 0 Å². The van der Waals surface area contributed by atoms with E-state index in [1.807, 2.05) is 13.1 Å². The van der Waals surface area contributed by atoms with Crippen molar-refractivity contribution in [3.63, 3.8) is 0 Å². The number of rotatable bonds is 2. The lowest BCUT2D eigenvalue weighted by atomic mass is 10.0. The van der Waals surface area contributed by atoms with Crippen LogP contribution in [0.15, 0.2) is 31.0 Å². The smallest absolute Gasteiger partial charge is 0.259 e. The molecule has 0 fully saturated rings. The van der Waals surface area contributed by atoms with Gasteiger partial charge in [0, 0.05) is 29.8 Å². The molecule has 7 heteroatoms. The fraction of sp³-hybridized carbons (Fsp3) is 0.222. The molecule has 3 heterocycles. The first kappa shape index (κ1) is 15.8. The molecule has 0 spiro atoms. The summed E-state index contributed by atoms with van der Waals surface area (Å²) in [6.07, 6.45) is 9.37. The maximum absolute atomic E-state index is 12.9. The molecular formula is C18H16ClN5O. The first-order valence-electron chi connectivity index (χ1n) is 8.06. The minimum atomic E-state index is -0.220. The highest BCUT2D eigenvalue weighted by atomic mass is 35.5. The van der Waals surface area contributed by atoms with Crippen LogP contribution in [0.4, 0.5) is 5.82 Å². The van der Waals surface area contributed by atoms with Gasteiger partial charge in [0.1, 0.15) is 12.1 Å². The molecule has 0 bridgehead atoms. The molecule has 1 aliphatic carbocycles. The summed E-state index contributed by atoms with van der Waals surface area (Å²) in [5, 5.41) is 3.41. The molecular weight excluding hydrogens is 338 g/mol. The van der Waals surface area contributed by atoms with Gasteiger partial charge in [-0.3, -0.25) is 4.79 Å². The number of nitrogens with zero attached hydrogens (tertiary/aromatic N) is 3. The predicted molar refractivity (Wildman–Crippen MR) is 95.8 cm³/mol. The number of amides is 1. The molecule has 0 radical (unpaired) electrons. The Bertz CT molecular complexity index is 966. The second-order valence-corrected chi connectivity index (χ2v) is 6.52. The van der Waals surface area contributed by atoms with E-state index in [-0.39, 0.29) is 5.91 Å². The minimum Gasteiger partial charge on any atom is -0.364 e. The number of hydrogen-bond donors (Lipinski definition) is 2. The fourth-order valence-electron chi connectivity index (χ4n) is 3.18. The Morgan fingerprint density at radius 2 is 2.16 bits per heavy atom. The van der Waals surface area contributed by atoms with E-state index in [0.29, 0.717) is 16.4 Å². The van der Waals surface area contributed by atoms with E-state index in [9.17, 15) is 4.79 Å². The largest absolute Gasteiger partial charge is 0.364 e. The van der Waals surface area contributed by atoms with Crippen LogP contribution in [0, 0.1) is 6.92 Å². The number of aromatic amines is 1. The average Bonchev–Trinajstić information content (AvgIpc) is 2.93. The number of H-pyrrole nitrogens is 1. The highest BCUT2D eigenvalue weighted by molar-refractivity contribution is 6.30. The zero-order chi connectivity index (χ0) is 17.4. The van der Waals surface area contributed by atoms with Crippen LogP contribution in [0.25, 0.3) is 11.3 Å². The Hall–Kier alpha value is -2.73. The number of carbonyl (C=O) groups is 1. The van der Waals surface area contributed by atoms with Gasteiger partial charge in [-0.2, -0.15) is 0 Å². The average molecular weight is 354 g/mol. The maximum Gasteiger partial charge on any atom is 0.259 e. The van der Waals surface area contributed by atoms with Gasteiger partial charge in [0.25, 0.3) is 5.91 Å². The molecule has 126 valence electrons. The SMILES string of the molecule is Cc1cc(Cl)cnc1NC(=O)c1c[nH]c2c1-c1ncncc1CCC2. The summed E-state index contributed by atoms with van der Waals surface area (Å²) in [6.45, 7) is 1.86. The monoisotopic (exact) mass is 353 g/mol. The number of hydrogen-bond acceptors (Lipinski definition) is 4. The van der Waals surface area contributed by atoms with E-state index >= 15 is 0 Å². The van der Waals surface area contributed by atoms with Crippen molar-refractivity contribution in [3.05, 3.63) is 58.4 Å². The lowest BCUT2D eigenvalue weighted by Gasteiger charge is -2.09. The van der Waals surface area contributed by atoms with Gasteiger partial charge < -0.3 is 10.3 Å². The number of aromatic nitrogens is 4. The van der Waals surface area contributed by atoms with Crippen LogP contribution in [0.1, 0.15) is 33.6 Å². The van der Waals surface area contributed by atoms with Crippen molar-refractivity contribution in [1.29, 1.82) is 0 Å². The van der Waals surface area contributed by atoms with Gasteiger partial charge in [0.05, 0.1) is 16.3 Å². The summed E-state index contributed by atoms with van der Waals surface area (Å²) < 4.78 is 0. The summed E-state index contributed by atoms with van der Waals surface area (Å²) in [5.74, 6) is 0.280. The van der Waals surface area contributed by atoms with Crippen molar-refractivity contribution in [2.24, 2.45) is 0 Å². The van der Waals surface area contributed by atoms with Crippen molar-refractivity contribution in [3.8, 4) is 11.3 Å². The van der Waals surface area contributed by atoms with E-state index in [2.05, 4.69) is 25.3 Å². The van der Waals surface area contributed by atoms with E-state index < -0.39 is 0 Å². The number of halogens is 1. The number of anilines is 1. The second kappa shape index (κ2) is 6.29. The molecule has 0 saturated heterocycles. The Kier molecular flexibility index (Phi) is 3.97. The Balaban J connectivity index is 1.74. The van der Waals surface area contributed by atoms with Crippen molar-refractivity contribution in [2.75, 3.05) is 5.32 Å². The number of pyridine rings is 1. The molecule has 3 aromatic heterocycles. The topological polar surface area (TPSA) is 83.6 Å². The fourth-order valence-corrected chi connectivity index (χ4v) is 3.39. The molecule has 1 aliphatic rings. The van der Waals surface area contributed by atoms with Gasteiger partial charge in [0.2, 0.25) is 0 Å². The number of carbonyl (C=O) groups excluding carboxylic acids is 1. The van der Waals surface area contributed by atoms with Gasteiger partial charge in [-0.05, 0) is 43.4 Å². The van der Waals surface area contributed by atoms with E-state index in [1.54, 1.807) is 12.3 Å². The quantitative estimate of drug-likeness (QED) is 0.737. The first-order chi connectivity index (χ1) is 12.1. The van der Waals surface area contributed by atoms with Crippen molar-refractivity contribution in [2.45, 2.75) is 26.2 Å². The Morgan fingerprint density at radius 1 is 1.28 bits per heavy atom. The molecule has 1 amide bonds. The van der Waals surface area contributed by atoms with E-state index in [1.165, 1.54) is 12.5 Å². The van der Waals surface area contributed by atoms with Crippen molar-refractivity contribution in [1.82, 2.24) is 19.9 Å². The molecule has 0 unspecified atom stereocenters. The van der Waals surface area contributed by atoms with E-state index in [0.717, 1.165) is 47.3 Å². The molecule has 3 aromatic rings. The lowest BCUT2D eigenvalue weighted by Crippen LogP contribution is -2.14. The van der Waals surface area contributed by atoms with Crippen molar-refractivity contribution < 1.29 is 4.79 Å². The summed E-state index contributed by atoms with van der Waals surface area (Å²) in [5.41, 5.74) is 5.16. The summed E-state index contributed by atoms with van der Waals surface area (Å²) in [7, 11) is 0. The van der Waals surface area contributed by atoms with Crippen LogP contribution >= 0.6 is 11.6 Å². The zero-order valence-corrected chi connectivity index (χ0v) is 14.4. The molecule has 2 N–H and O–H groups in total. The minimum absolute atomic E-state index is 0.220. The molecule has 0 atom stereocenters. The second-order valence-electron chi connectivity index (χ2n) is 6.08. The number of nitrogens with one attached hydrogen (secondary N) is 2. The standard InChI is InChI=1S/C18H16ClN5O/c1-10-5-12(19)7-22-17(10)24-18(25)13-8-21-14-4-2-3-11-6-20-9-23-16(11)15(13)14/h5-9,21H,2-4H2,1H3,(H,22,24,25). The lowest BCUT2D eigenvalue weighted by molar-refractivity contribution is 0.102. The third-order valence-electron chi connectivity index (χ3n) is 4.38. The Morgan fingerprint density at radius 3 is 3.00 bits per heavy atom.